The number of alkyl halides is 3. The highest BCUT2D eigenvalue weighted by molar-refractivity contribution is 6.40. The van der Waals surface area contributed by atoms with Gasteiger partial charge in [0.2, 0.25) is 5.82 Å². The largest absolute Gasteiger partial charge is 0.449 e. The van der Waals surface area contributed by atoms with Gasteiger partial charge in [0, 0.05) is 6.54 Å². The molecule has 27 heavy (non-hydrogen) atoms. The number of rotatable bonds is 4. The van der Waals surface area contributed by atoms with Crippen LogP contribution in [-0.4, -0.2) is 27.2 Å². The number of carbonyl (C=O) groups is 1. The third kappa shape index (κ3) is 3.73. The fourth-order valence-electron chi connectivity index (χ4n) is 2.69. The van der Waals surface area contributed by atoms with E-state index in [1.54, 1.807) is 6.07 Å². The van der Waals surface area contributed by atoms with Crippen molar-refractivity contribution < 1.29 is 23.1 Å². The molecule has 0 fully saturated rings. The molecule has 2 N–H and O–H groups in total. The summed E-state index contributed by atoms with van der Waals surface area (Å²) in [4.78, 5) is 16.2. The highest BCUT2D eigenvalue weighted by Gasteiger charge is 2.38. The molecule has 0 bridgehead atoms. The van der Waals surface area contributed by atoms with Crippen LogP contribution in [0.1, 0.15) is 16.2 Å². The molecule has 0 unspecified atom stereocenters. The number of benzene rings is 2. The zero-order chi connectivity index (χ0) is 19.8. The van der Waals surface area contributed by atoms with Gasteiger partial charge in [0.1, 0.15) is 5.52 Å². The standard InChI is InChI=1S/C17H12Cl2F3N3O2/c18-9-3-1-4-10(19)13(9)15(27)23-11-5-2-6-12-14(11)24-16(17(20,21)22)25(12)7-8-26/h1-6,26H,7-8H2,(H,23,27). The topological polar surface area (TPSA) is 67.2 Å². The lowest BCUT2D eigenvalue weighted by atomic mass is 10.2. The first-order valence-corrected chi connectivity index (χ1v) is 8.42. The lowest BCUT2D eigenvalue weighted by Gasteiger charge is -2.10. The summed E-state index contributed by atoms with van der Waals surface area (Å²) in [6.45, 7) is -0.792. The molecule has 10 heteroatoms. The van der Waals surface area contributed by atoms with Gasteiger partial charge < -0.3 is 15.0 Å². The highest BCUT2D eigenvalue weighted by Crippen LogP contribution is 2.34. The minimum atomic E-state index is -4.72. The SMILES string of the molecule is O=C(Nc1cccc2c1nc(C(F)(F)F)n2CCO)c1c(Cl)cccc1Cl. The summed E-state index contributed by atoms with van der Waals surface area (Å²) in [5, 5.41) is 11.8. The molecule has 0 aliphatic carbocycles. The maximum absolute atomic E-state index is 13.3. The molecule has 3 aromatic rings. The fourth-order valence-corrected chi connectivity index (χ4v) is 3.26. The van der Waals surface area contributed by atoms with Crippen molar-refractivity contribution in [3.8, 4) is 0 Å². The number of aliphatic hydroxyl groups excluding tert-OH is 1. The number of amides is 1. The summed E-state index contributed by atoms with van der Waals surface area (Å²) in [6, 6.07) is 8.82. The average Bonchev–Trinajstić information content (AvgIpc) is 2.95. The number of imidazole rings is 1. The molecule has 5 nitrogen and oxygen atoms in total. The number of halogens is 5. The number of hydrogen-bond acceptors (Lipinski definition) is 3. The highest BCUT2D eigenvalue weighted by atomic mass is 35.5. The molecule has 0 saturated carbocycles. The summed E-state index contributed by atoms with van der Waals surface area (Å²) < 4.78 is 40.7. The Bertz CT molecular complexity index is 998. The number of fused-ring (bicyclic) bond motifs is 1. The van der Waals surface area contributed by atoms with Crippen LogP contribution in [0.2, 0.25) is 10.0 Å². The van der Waals surface area contributed by atoms with Gasteiger partial charge in [-0.25, -0.2) is 4.98 Å². The molecule has 0 saturated heterocycles. The maximum atomic E-state index is 13.3. The minimum Gasteiger partial charge on any atom is -0.395 e. The lowest BCUT2D eigenvalue weighted by Crippen LogP contribution is -2.16. The molecule has 3 rings (SSSR count). The van der Waals surface area contributed by atoms with Crippen LogP contribution in [0, 0.1) is 0 Å². The summed E-state index contributed by atoms with van der Waals surface area (Å²) in [5.74, 6) is -1.84. The van der Waals surface area contributed by atoms with Crippen LogP contribution in [0.5, 0.6) is 0 Å². The zero-order valence-corrected chi connectivity index (χ0v) is 15.0. The van der Waals surface area contributed by atoms with Crippen LogP contribution in [0.25, 0.3) is 11.0 Å². The zero-order valence-electron chi connectivity index (χ0n) is 13.5. The second-order valence-corrected chi connectivity index (χ2v) is 6.35. The monoisotopic (exact) mass is 417 g/mol. The normalized spacial score (nSPS) is 11.8. The summed E-state index contributed by atoms with van der Waals surface area (Å²) in [7, 11) is 0. The minimum absolute atomic E-state index is 0.00340. The van der Waals surface area contributed by atoms with Crippen LogP contribution >= 0.6 is 23.2 Å². The van der Waals surface area contributed by atoms with Crippen molar-refractivity contribution in [2.24, 2.45) is 0 Å². The number of nitrogens with zero attached hydrogens (tertiary/aromatic N) is 2. The molecule has 0 aliphatic rings. The van der Waals surface area contributed by atoms with Crippen molar-refractivity contribution in [2.45, 2.75) is 12.7 Å². The third-order valence-corrected chi connectivity index (χ3v) is 4.42. The molecule has 0 aliphatic heterocycles. The van der Waals surface area contributed by atoms with E-state index in [1.807, 2.05) is 0 Å². The summed E-state index contributed by atoms with van der Waals surface area (Å²) in [5.41, 5.74) is 0.133. The molecular weight excluding hydrogens is 406 g/mol. The number of aromatic nitrogens is 2. The second-order valence-electron chi connectivity index (χ2n) is 5.53. The Labute approximate surface area is 161 Å². The summed E-state index contributed by atoms with van der Waals surface area (Å²) >= 11 is 12.0. The smallest absolute Gasteiger partial charge is 0.395 e. The van der Waals surface area contributed by atoms with Crippen molar-refractivity contribution >= 4 is 45.8 Å². The Balaban J connectivity index is 2.09. The first-order chi connectivity index (χ1) is 12.7. The Morgan fingerprint density at radius 2 is 1.78 bits per heavy atom. The lowest BCUT2D eigenvalue weighted by molar-refractivity contribution is -0.147. The first kappa shape index (κ1) is 19.5. The Hall–Kier alpha value is -2.29. The van der Waals surface area contributed by atoms with Gasteiger partial charge in [0.05, 0.1) is 33.4 Å². The molecule has 142 valence electrons. The van der Waals surface area contributed by atoms with Gasteiger partial charge in [-0.3, -0.25) is 4.79 Å². The number of hydrogen-bond donors (Lipinski definition) is 2. The van der Waals surface area contributed by atoms with Gasteiger partial charge >= 0.3 is 6.18 Å². The predicted molar refractivity (Wildman–Crippen MR) is 96.2 cm³/mol. The van der Waals surface area contributed by atoms with E-state index in [4.69, 9.17) is 28.3 Å². The molecule has 1 aromatic heterocycles. The molecule has 1 heterocycles. The molecular formula is C17H12Cl2F3N3O2. The van der Waals surface area contributed by atoms with Crippen LogP contribution < -0.4 is 5.32 Å². The Kier molecular flexibility index (Phi) is 5.32. The number of carbonyl (C=O) groups excluding carboxylic acids is 1. The maximum Gasteiger partial charge on any atom is 0.449 e. The van der Waals surface area contributed by atoms with Crippen molar-refractivity contribution in [2.75, 3.05) is 11.9 Å². The van der Waals surface area contributed by atoms with Crippen LogP contribution in [0.15, 0.2) is 36.4 Å². The molecule has 0 radical (unpaired) electrons. The number of aliphatic hydroxyl groups is 1. The van der Waals surface area contributed by atoms with E-state index in [1.165, 1.54) is 30.3 Å². The average molecular weight is 418 g/mol. The van der Waals surface area contributed by atoms with Gasteiger partial charge in [-0.1, -0.05) is 35.3 Å². The van der Waals surface area contributed by atoms with Gasteiger partial charge in [-0.15, -0.1) is 0 Å². The molecule has 0 atom stereocenters. The van der Waals surface area contributed by atoms with E-state index in [9.17, 15) is 18.0 Å². The Morgan fingerprint density at radius 3 is 2.37 bits per heavy atom. The second kappa shape index (κ2) is 7.38. The van der Waals surface area contributed by atoms with Crippen LogP contribution in [-0.2, 0) is 12.7 Å². The van der Waals surface area contributed by atoms with E-state index in [-0.39, 0.29) is 38.9 Å². The fraction of sp³-hybridized carbons (Fsp3) is 0.176. The van der Waals surface area contributed by atoms with Crippen molar-refractivity contribution in [3.05, 3.63) is 57.8 Å². The van der Waals surface area contributed by atoms with E-state index in [2.05, 4.69) is 10.3 Å². The predicted octanol–water partition coefficient (Wildman–Crippen LogP) is 4.61. The molecule has 0 spiro atoms. The van der Waals surface area contributed by atoms with Gasteiger partial charge in [-0.2, -0.15) is 13.2 Å². The van der Waals surface area contributed by atoms with E-state index in [0.717, 1.165) is 4.57 Å². The molecule has 2 aromatic carbocycles. The number of nitrogens with one attached hydrogen (secondary N) is 1. The van der Waals surface area contributed by atoms with Crippen molar-refractivity contribution in [3.63, 3.8) is 0 Å². The quantitative estimate of drug-likeness (QED) is 0.651. The van der Waals surface area contributed by atoms with Crippen LogP contribution in [0.3, 0.4) is 0 Å². The molecule has 1 amide bonds. The van der Waals surface area contributed by atoms with Gasteiger partial charge in [0.15, 0.2) is 0 Å². The first-order valence-electron chi connectivity index (χ1n) is 7.66. The van der Waals surface area contributed by atoms with E-state index in [0.29, 0.717) is 0 Å². The Morgan fingerprint density at radius 1 is 1.15 bits per heavy atom. The van der Waals surface area contributed by atoms with Gasteiger partial charge in [-0.05, 0) is 24.3 Å². The van der Waals surface area contributed by atoms with Crippen molar-refractivity contribution in [1.82, 2.24) is 9.55 Å². The van der Waals surface area contributed by atoms with Crippen molar-refractivity contribution in [1.29, 1.82) is 0 Å². The van der Waals surface area contributed by atoms with Gasteiger partial charge in [0.25, 0.3) is 5.91 Å². The number of anilines is 1. The van der Waals surface area contributed by atoms with Crippen LogP contribution in [0.4, 0.5) is 18.9 Å². The summed E-state index contributed by atoms with van der Waals surface area (Å²) in [6.07, 6.45) is -4.72. The number of para-hydroxylation sites is 1. The third-order valence-electron chi connectivity index (χ3n) is 3.79. The van der Waals surface area contributed by atoms with E-state index < -0.39 is 24.5 Å². The van der Waals surface area contributed by atoms with E-state index >= 15 is 0 Å².